The number of carbonyl (C=O) groups is 2. The van der Waals surface area contributed by atoms with Crippen LogP contribution in [-0.4, -0.2) is 40.0 Å². The van der Waals surface area contributed by atoms with Gasteiger partial charge in [0.1, 0.15) is 0 Å². The first-order valence-corrected chi connectivity index (χ1v) is 10.2. The van der Waals surface area contributed by atoms with Gasteiger partial charge in [-0.15, -0.1) is 0 Å². The molecule has 1 aliphatic rings. The number of hydrogen-bond acceptors (Lipinski definition) is 4. The van der Waals surface area contributed by atoms with Gasteiger partial charge in [-0.3, -0.25) is 14.4 Å². The summed E-state index contributed by atoms with van der Waals surface area (Å²) in [7, 11) is 0. The van der Waals surface area contributed by atoms with E-state index >= 15 is 0 Å². The number of hydrogen-bond donors (Lipinski definition) is 2. The van der Waals surface area contributed by atoms with Gasteiger partial charge in [-0.05, 0) is 37.1 Å². The van der Waals surface area contributed by atoms with Gasteiger partial charge in [-0.25, -0.2) is 5.10 Å². The number of aromatic amines is 1. The highest BCUT2D eigenvalue weighted by Crippen LogP contribution is 2.22. The SMILES string of the molecule is O=C(Nc1cccc(Cl)c1)C1CCN(C(=O)Cc2n[nH]c(=O)c3ccccc23)CC1. The van der Waals surface area contributed by atoms with Crippen LogP contribution < -0.4 is 10.9 Å². The van der Waals surface area contributed by atoms with Gasteiger partial charge in [0, 0.05) is 35.1 Å². The first-order chi connectivity index (χ1) is 14.5. The van der Waals surface area contributed by atoms with E-state index in [4.69, 9.17) is 11.6 Å². The van der Waals surface area contributed by atoms with Crippen molar-refractivity contribution in [3.63, 3.8) is 0 Å². The van der Waals surface area contributed by atoms with Crippen molar-refractivity contribution in [3.8, 4) is 0 Å². The molecule has 1 saturated heterocycles. The number of nitrogens with zero attached hydrogens (tertiary/aromatic N) is 2. The second-order valence-corrected chi connectivity index (χ2v) is 7.81. The van der Waals surface area contributed by atoms with Crippen molar-refractivity contribution in [1.82, 2.24) is 15.1 Å². The van der Waals surface area contributed by atoms with Crippen molar-refractivity contribution in [1.29, 1.82) is 0 Å². The van der Waals surface area contributed by atoms with Gasteiger partial charge < -0.3 is 10.2 Å². The molecule has 4 rings (SSSR count). The molecule has 0 unspecified atom stereocenters. The first kappa shape index (κ1) is 20.1. The topological polar surface area (TPSA) is 95.2 Å². The number of H-pyrrole nitrogens is 1. The van der Waals surface area contributed by atoms with E-state index in [0.717, 1.165) is 0 Å². The molecule has 0 saturated carbocycles. The van der Waals surface area contributed by atoms with Crippen LogP contribution in [0.25, 0.3) is 10.8 Å². The number of likely N-dealkylation sites (tertiary alicyclic amines) is 1. The number of carbonyl (C=O) groups excluding carboxylic acids is 2. The van der Waals surface area contributed by atoms with Gasteiger partial charge in [0.25, 0.3) is 5.56 Å². The molecule has 7 nitrogen and oxygen atoms in total. The zero-order chi connectivity index (χ0) is 21.1. The second-order valence-electron chi connectivity index (χ2n) is 7.38. The lowest BCUT2D eigenvalue weighted by molar-refractivity contribution is -0.133. The van der Waals surface area contributed by atoms with E-state index in [1.165, 1.54) is 0 Å². The molecule has 30 heavy (non-hydrogen) atoms. The maximum atomic E-state index is 12.8. The molecule has 0 radical (unpaired) electrons. The lowest BCUT2D eigenvalue weighted by atomic mass is 9.95. The molecule has 1 aromatic heterocycles. The van der Waals surface area contributed by atoms with Crippen molar-refractivity contribution in [3.05, 3.63) is 69.6 Å². The van der Waals surface area contributed by atoms with Crippen LogP contribution in [0, 0.1) is 5.92 Å². The van der Waals surface area contributed by atoms with Gasteiger partial charge in [0.05, 0.1) is 17.5 Å². The van der Waals surface area contributed by atoms with Crippen LogP contribution in [0.4, 0.5) is 5.69 Å². The Morgan fingerprint density at radius 2 is 1.83 bits per heavy atom. The van der Waals surface area contributed by atoms with Crippen molar-refractivity contribution < 1.29 is 9.59 Å². The number of anilines is 1. The molecule has 2 amide bonds. The van der Waals surface area contributed by atoms with E-state index < -0.39 is 0 Å². The monoisotopic (exact) mass is 424 g/mol. The van der Waals surface area contributed by atoms with Crippen LogP contribution in [-0.2, 0) is 16.0 Å². The maximum absolute atomic E-state index is 12.8. The van der Waals surface area contributed by atoms with Crippen LogP contribution >= 0.6 is 11.6 Å². The molecule has 0 bridgehead atoms. The van der Waals surface area contributed by atoms with E-state index in [1.807, 2.05) is 6.07 Å². The molecule has 0 atom stereocenters. The Morgan fingerprint density at radius 1 is 1.10 bits per heavy atom. The Morgan fingerprint density at radius 3 is 2.57 bits per heavy atom. The highest BCUT2D eigenvalue weighted by atomic mass is 35.5. The standard InChI is InChI=1S/C22H21ClN4O3/c23-15-4-3-5-16(12-15)24-21(29)14-8-10-27(11-9-14)20(28)13-19-17-6-1-2-7-18(17)22(30)26-25-19/h1-7,12,14H,8-11,13H2,(H,24,29)(H,26,30). The zero-order valence-corrected chi connectivity index (χ0v) is 17.0. The summed E-state index contributed by atoms with van der Waals surface area (Å²) >= 11 is 5.96. The fourth-order valence-electron chi connectivity index (χ4n) is 3.76. The summed E-state index contributed by atoms with van der Waals surface area (Å²) in [5.74, 6) is -0.272. The number of amides is 2. The Kier molecular flexibility index (Phi) is 5.81. The Labute approximate surface area is 178 Å². The molecule has 8 heteroatoms. The summed E-state index contributed by atoms with van der Waals surface area (Å²) in [6, 6.07) is 14.2. The molecule has 3 aromatic rings. The largest absolute Gasteiger partial charge is 0.342 e. The fraction of sp³-hybridized carbons (Fsp3) is 0.273. The molecule has 2 N–H and O–H groups in total. The lowest BCUT2D eigenvalue weighted by Gasteiger charge is -2.31. The number of benzene rings is 2. The number of rotatable bonds is 4. The first-order valence-electron chi connectivity index (χ1n) is 9.82. The molecule has 2 heterocycles. The van der Waals surface area contributed by atoms with Crippen LogP contribution in [0.3, 0.4) is 0 Å². The number of piperidine rings is 1. The third kappa shape index (κ3) is 4.36. The summed E-state index contributed by atoms with van der Waals surface area (Å²) in [5.41, 5.74) is 0.950. The van der Waals surface area contributed by atoms with E-state index in [2.05, 4.69) is 15.5 Å². The summed E-state index contributed by atoms with van der Waals surface area (Å²) in [6.45, 7) is 1.02. The minimum absolute atomic E-state index is 0.0577. The fourth-order valence-corrected chi connectivity index (χ4v) is 3.95. The van der Waals surface area contributed by atoms with E-state index in [-0.39, 0.29) is 29.7 Å². The molecule has 2 aromatic carbocycles. The summed E-state index contributed by atoms with van der Waals surface area (Å²) in [6.07, 6.45) is 1.30. The molecule has 1 fully saturated rings. The molecular weight excluding hydrogens is 404 g/mol. The maximum Gasteiger partial charge on any atom is 0.272 e. The van der Waals surface area contributed by atoms with Crippen LogP contribution in [0.15, 0.2) is 53.3 Å². The molecule has 1 aliphatic heterocycles. The Hall–Kier alpha value is -3.19. The van der Waals surface area contributed by atoms with Gasteiger partial charge in [-0.1, -0.05) is 35.9 Å². The number of halogens is 1. The van der Waals surface area contributed by atoms with E-state index in [0.29, 0.717) is 53.1 Å². The van der Waals surface area contributed by atoms with Crippen molar-refractivity contribution in [2.45, 2.75) is 19.3 Å². The van der Waals surface area contributed by atoms with E-state index in [9.17, 15) is 14.4 Å². The molecule has 154 valence electrons. The predicted molar refractivity (Wildman–Crippen MR) is 115 cm³/mol. The highest BCUT2D eigenvalue weighted by Gasteiger charge is 2.28. The van der Waals surface area contributed by atoms with Crippen LogP contribution in [0.2, 0.25) is 5.02 Å². The highest BCUT2D eigenvalue weighted by molar-refractivity contribution is 6.30. The number of aromatic nitrogens is 2. The average molecular weight is 425 g/mol. The van der Waals surface area contributed by atoms with Gasteiger partial charge in [0.15, 0.2) is 0 Å². The summed E-state index contributed by atoms with van der Waals surface area (Å²) in [4.78, 5) is 39.0. The van der Waals surface area contributed by atoms with Crippen LogP contribution in [0.1, 0.15) is 18.5 Å². The number of fused-ring (bicyclic) bond motifs is 1. The van der Waals surface area contributed by atoms with Gasteiger partial charge in [-0.2, -0.15) is 5.10 Å². The third-order valence-electron chi connectivity index (χ3n) is 5.40. The van der Waals surface area contributed by atoms with Crippen molar-refractivity contribution in [2.24, 2.45) is 5.92 Å². The van der Waals surface area contributed by atoms with Crippen molar-refractivity contribution >= 4 is 39.9 Å². The van der Waals surface area contributed by atoms with E-state index in [1.54, 1.807) is 47.4 Å². The van der Waals surface area contributed by atoms with Crippen molar-refractivity contribution in [2.75, 3.05) is 18.4 Å². The smallest absolute Gasteiger partial charge is 0.272 e. The zero-order valence-electron chi connectivity index (χ0n) is 16.2. The minimum Gasteiger partial charge on any atom is -0.342 e. The Balaban J connectivity index is 1.36. The summed E-state index contributed by atoms with van der Waals surface area (Å²) < 4.78 is 0. The predicted octanol–water partition coefficient (Wildman–Crippen LogP) is 3.00. The lowest BCUT2D eigenvalue weighted by Crippen LogP contribution is -2.42. The molecule has 0 spiro atoms. The normalized spacial score (nSPS) is 14.6. The van der Waals surface area contributed by atoms with Crippen LogP contribution in [0.5, 0.6) is 0 Å². The molecular formula is C22H21ClN4O3. The van der Waals surface area contributed by atoms with Gasteiger partial charge in [0.2, 0.25) is 11.8 Å². The quantitative estimate of drug-likeness (QED) is 0.673. The minimum atomic E-state index is -0.270. The van der Waals surface area contributed by atoms with Gasteiger partial charge >= 0.3 is 0 Å². The average Bonchev–Trinajstić information content (AvgIpc) is 2.76. The second kappa shape index (κ2) is 8.67. The molecule has 0 aliphatic carbocycles. The third-order valence-corrected chi connectivity index (χ3v) is 5.64. The Bertz CT molecular complexity index is 1150. The summed E-state index contributed by atoms with van der Waals surface area (Å²) in [5, 5.41) is 11.2. The number of nitrogens with one attached hydrogen (secondary N) is 2.